The van der Waals surface area contributed by atoms with Crippen LogP contribution in [0.5, 0.6) is 0 Å². The third kappa shape index (κ3) is 5.22. The molecule has 1 rings (SSSR count). The molecular weight excluding hydrogens is 390 g/mol. The van der Waals surface area contributed by atoms with Crippen LogP contribution in [0.4, 0.5) is 0 Å². The molecule has 1 saturated heterocycles. The van der Waals surface area contributed by atoms with Gasteiger partial charge < -0.3 is 0 Å². The average Bonchev–Trinajstić information content (AvgIpc) is 2.03. The Bertz CT molecular complexity index is 191. The number of piperidine rings is 1. The molecule has 0 bridgehead atoms. The van der Waals surface area contributed by atoms with Gasteiger partial charge in [-0.15, -0.1) is 0 Å². The second kappa shape index (κ2) is 5.55. The smallest absolute Gasteiger partial charge is 0.237 e. The van der Waals surface area contributed by atoms with Crippen LogP contribution in [0, 0.1) is 0 Å². The van der Waals surface area contributed by atoms with Crippen molar-refractivity contribution in [3.63, 3.8) is 0 Å². The van der Waals surface area contributed by atoms with Crippen LogP contribution in [-0.2, 0) is 15.4 Å². The minimum absolute atomic E-state index is 0.843. The molecule has 13 heavy (non-hydrogen) atoms. The summed E-state index contributed by atoms with van der Waals surface area (Å²) in [5.41, 5.74) is 0. The maximum absolute atomic E-state index is 11.5. The molecule has 0 amide bonds. The number of rotatable bonds is 2. The molecule has 1 aliphatic rings. The Morgan fingerprint density at radius 3 is 2.15 bits per heavy atom. The Morgan fingerprint density at radius 1 is 1.15 bits per heavy atom. The lowest BCUT2D eigenvalue weighted by atomic mass is 10.2. The predicted molar refractivity (Wildman–Crippen MR) is 64.2 cm³/mol. The van der Waals surface area contributed by atoms with Gasteiger partial charge in [0.05, 0.1) is 0 Å². The van der Waals surface area contributed by atoms with E-state index in [0.717, 1.165) is 25.9 Å². The van der Waals surface area contributed by atoms with Crippen molar-refractivity contribution >= 4 is 59.1 Å². The Kier molecular flexibility index (Phi) is 5.37. The molecule has 0 saturated carbocycles. The first kappa shape index (κ1) is 12.6. The van der Waals surface area contributed by atoms with Crippen LogP contribution in [0.3, 0.4) is 0 Å². The van der Waals surface area contributed by atoms with E-state index in [2.05, 4.69) is 47.8 Å². The molecule has 0 aromatic carbocycles. The number of hydrogen-bond donors (Lipinski definition) is 0. The van der Waals surface area contributed by atoms with Gasteiger partial charge in [0.2, 0.25) is 13.6 Å². The summed E-state index contributed by atoms with van der Waals surface area (Å²) >= 11 is 8.03. The van der Waals surface area contributed by atoms with E-state index < -0.39 is 13.6 Å². The molecule has 1 atom stereocenters. The van der Waals surface area contributed by atoms with E-state index in [-0.39, 0.29) is 0 Å². The zero-order valence-electron chi connectivity index (χ0n) is 6.84. The highest BCUT2D eigenvalue weighted by molar-refractivity contribution is 9.39. The van der Waals surface area contributed by atoms with Crippen molar-refractivity contribution in [2.75, 3.05) is 13.1 Å². The van der Waals surface area contributed by atoms with E-state index >= 15 is 0 Å². The molecule has 1 aliphatic heterocycles. The van der Waals surface area contributed by atoms with Gasteiger partial charge in [0, 0.05) is 13.1 Å². The fourth-order valence-electron chi connectivity index (χ4n) is 1.15. The highest BCUT2D eigenvalue weighted by Crippen LogP contribution is 2.36. The van der Waals surface area contributed by atoms with Crippen molar-refractivity contribution in [1.29, 1.82) is 0 Å². The van der Waals surface area contributed by atoms with E-state index in [0.29, 0.717) is 0 Å². The molecule has 0 aromatic heterocycles. The Balaban J connectivity index is 2.38. The summed E-state index contributed by atoms with van der Waals surface area (Å²) in [6, 6.07) is 0. The number of hydrogen-bond acceptors (Lipinski definition) is 2. The topological polar surface area (TPSA) is 29.5 Å². The largest absolute Gasteiger partial charge is 0.249 e. The van der Waals surface area contributed by atoms with E-state index in [1.165, 1.54) is 6.42 Å². The maximum Gasteiger partial charge on any atom is 0.249 e. The predicted octanol–water partition coefficient (Wildman–Crippen LogP) is 2.86. The van der Waals surface area contributed by atoms with Crippen molar-refractivity contribution in [2.24, 2.45) is 0 Å². The van der Waals surface area contributed by atoms with Crippen molar-refractivity contribution in [2.45, 2.75) is 21.6 Å². The molecule has 1 heterocycles. The van der Waals surface area contributed by atoms with Gasteiger partial charge in [-0.3, -0.25) is 0 Å². The zero-order valence-corrected chi connectivity index (χ0v) is 12.4. The second-order valence-electron chi connectivity index (χ2n) is 2.74. The first-order chi connectivity index (χ1) is 5.99. The normalized spacial score (nSPS) is 23.0. The van der Waals surface area contributed by atoms with Gasteiger partial charge >= 0.3 is 0 Å². The fraction of sp³-hybridized carbons (Fsp3) is 1.00. The summed E-state index contributed by atoms with van der Waals surface area (Å²) in [5, 5.41) is 0. The lowest BCUT2D eigenvalue weighted by Gasteiger charge is -2.25. The van der Waals surface area contributed by atoms with Crippen LogP contribution in [0.25, 0.3) is 0 Å². The number of alkyl halides is 3. The van der Waals surface area contributed by atoms with Gasteiger partial charge in [-0.1, -0.05) is 6.42 Å². The van der Waals surface area contributed by atoms with Crippen molar-refractivity contribution in [3.05, 3.63) is 0 Å². The summed E-state index contributed by atoms with van der Waals surface area (Å²) in [6.45, 7) is 1.69. The lowest BCUT2D eigenvalue weighted by Crippen LogP contribution is -2.34. The molecule has 1 fully saturated rings. The molecule has 0 N–H and O–H groups in total. The molecule has 0 aromatic rings. The van der Waals surface area contributed by atoms with Crippen LogP contribution in [0.1, 0.15) is 19.3 Å². The Morgan fingerprint density at radius 2 is 1.69 bits per heavy atom. The van der Waals surface area contributed by atoms with Crippen LogP contribution in [0.15, 0.2) is 0 Å². The van der Waals surface area contributed by atoms with E-state index in [1.807, 2.05) is 4.31 Å². The Labute approximate surface area is 106 Å². The van der Waals surface area contributed by atoms with Gasteiger partial charge in [0.15, 0.2) is 0 Å². The molecule has 0 spiro atoms. The summed E-state index contributed by atoms with van der Waals surface area (Å²) < 4.78 is 17.6. The highest BCUT2D eigenvalue weighted by atomic mass is 80.0. The average molecular weight is 400 g/mol. The Hall–Kier alpha value is 1.51. The van der Waals surface area contributed by atoms with E-state index in [9.17, 15) is 4.21 Å². The van der Waals surface area contributed by atoms with Crippen LogP contribution in [-0.4, -0.2) is 23.9 Å². The summed E-state index contributed by atoms with van der Waals surface area (Å²) in [5.74, 6) is 0. The molecule has 3 nitrogen and oxygen atoms in total. The second-order valence-corrected chi connectivity index (χ2v) is 10.4. The molecule has 7 heteroatoms. The maximum atomic E-state index is 11.5. The molecule has 1 unspecified atom stereocenters. The summed E-state index contributed by atoms with van der Waals surface area (Å²) in [7, 11) is 0. The van der Waals surface area contributed by atoms with Gasteiger partial charge in [-0.05, 0) is 60.6 Å². The molecule has 0 radical (unpaired) electrons. The van der Waals surface area contributed by atoms with Crippen LogP contribution < -0.4 is 0 Å². The minimum Gasteiger partial charge on any atom is -0.237 e. The van der Waals surface area contributed by atoms with Crippen molar-refractivity contribution < 1.29 is 8.39 Å². The zero-order chi connectivity index (χ0) is 9.90. The van der Waals surface area contributed by atoms with Gasteiger partial charge in [-0.2, -0.15) is 0 Å². The quantitative estimate of drug-likeness (QED) is 0.668. The SMILES string of the molecule is O=S(OC(Br)(Br)Br)N1CCCCC1. The first-order valence-electron chi connectivity index (χ1n) is 3.92. The first-order valence-corrected chi connectivity index (χ1v) is 7.33. The fourth-order valence-corrected chi connectivity index (χ4v) is 2.99. The number of nitrogens with zero attached hydrogens (tertiary/aromatic N) is 1. The third-order valence-electron chi connectivity index (χ3n) is 1.69. The van der Waals surface area contributed by atoms with Gasteiger partial charge in [0.1, 0.15) is 0 Å². The summed E-state index contributed by atoms with van der Waals surface area (Å²) in [6.07, 6.45) is 3.40. The van der Waals surface area contributed by atoms with E-state index in [4.69, 9.17) is 4.18 Å². The standard InChI is InChI=1S/C6H10Br3NO2S/c7-6(8,9)12-13(11)10-4-2-1-3-5-10/h1-5H2. The van der Waals surface area contributed by atoms with Gasteiger partial charge in [-0.25, -0.2) is 12.7 Å². The van der Waals surface area contributed by atoms with Gasteiger partial charge in [0.25, 0.3) is 0 Å². The van der Waals surface area contributed by atoms with Crippen LogP contribution in [0.2, 0.25) is 0 Å². The monoisotopic (exact) mass is 397 g/mol. The van der Waals surface area contributed by atoms with Crippen molar-refractivity contribution in [3.8, 4) is 0 Å². The van der Waals surface area contributed by atoms with E-state index in [1.54, 1.807) is 0 Å². The lowest BCUT2D eigenvalue weighted by molar-refractivity contribution is 0.298. The molecular formula is C6H10Br3NO2S. The minimum atomic E-state index is -1.38. The molecule has 0 aliphatic carbocycles. The summed E-state index contributed by atoms with van der Waals surface area (Å²) in [4.78, 5) is 0. The van der Waals surface area contributed by atoms with Crippen molar-refractivity contribution in [1.82, 2.24) is 4.31 Å². The molecule has 78 valence electrons. The third-order valence-corrected chi connectivity index (χ3v) is 4.00. The number of halogens is 3. The van der Waals surface area contributed by atoms with Crippen LogP contribution >= 0.6 is 47.8 Å². The highest BCUT2D eigenvalue weighted by Gasteiger charge is 2.26.